The minimum atomic E-state index is -0.105. The van der Waals surface area contributed by atoms with Crippen molar-refractivity contribution >= 4 is 17.4 Å². The van der Waals surface area contributed by atoms with E-state index < -0.39 is 0 Å². The summed E-state index contributed by atoms with van der Waals surface area (Å²) in [5.74, 6) is 0.506. The topological polar surface area (TPSA) is 26.3 Å². The molecular weight excluding hydrogens is 200 g/mol. The quantitative estimate of drug-likeness (QED) is 0.673. The molecule has 1 aliphatic rings. The van der Waals surface area contributed by atoms with Gasteiger partial charge < -0.3 is 4.74 Å². The fourth-order valence-electron chi connectivity index (χ4n) is 1.26. The Balaban J connectivity index is 2.98. The summed E-state index contributed by atoms with van der Waals surface area (Å²) in [4.78, 5) is 11.4. The monoisotopic (exact) mass is 212 g/mol. The van der Waals surface area contributed by atoms with Crippen molar-refractivity contribution in [2.75, 3.05) is 13.0 Å². The summed E-state index contributed by atoms with van der Waals surface area (Å²) in [5, 5.41) is 0. The Morgan fingerprint density at radius 1 is 1.57 bits per heavy atom. The number of carbonyl (C=O) groups is 1. The normalized spacial score (nSPS) is 18.7. The van der Waals surface area contributed by atoms with Crippen LogP contribution < -0.4 is 0 Å². The van der Waals surface area contributed by atoms with E-state index in [4.69, 9.17) is 16.3 Å². The number of alkyl halides is 1. The van der Waals surface area contributed by atoms with Gasteiger partial charge in [0.25, 0.3) is 0 Å². The number of ketones is 1. The molecule has 0 atom stereocenters. The molecule has 76 valence electrons. The van der Waals surface area contributed by atoms with Gasteiger partial charge in [-0.1, -0.05) is 12.2 Å². The van der Waals surface area contributed by atoms with Gasteiger partial charge in [0.15, 0.2) is 5.78 Å². The number of methoxy groups -OCH3 is 1. The highest BCUT2D eigenvalue weighted by molar-refractivity contribution is 6.31. The van der Waals surface area contributed by atoms with E-state index in [1.165, 1.54) is 0 Å². The number of allylic oxidation sites excluding steroid dienone is 5. The molecule has 2 nitrogen and oxygen atoms in total. The number of carbonyl (C=O) groups excluding carboxylic acids is 1. The summed E-state index contributed by atoms with van der Waals surface area (Å²) in [5.41, 5.74) is 0.554. The first kappa shape index (κ1) is 11.1. The van der Waals surface area contributed by atoms with Crippen LogP contribution in [0, 0.1) is 0 Å². The predicted octanol–water partition coefficient (Wildman–Crippen LogP) is 2.60. The molecule has 0 spiro atoms. The van der Waals surface area contributed by atoms with Gasteiger partial charge in [-0.3, -0.25) is 4.79 Å². The fraction of sp³-hybridized carbons (Fsp3) is 0.364. The fourth-order valence-corrected chi connectivity index (χ4v) is 1.40. The molecule has 0 aliphatic heterocycles. The molecule has 3 heteroatoms. The largest absolute Gasteiger partial charge is 0.496 e. The summed E-state index contributed by atoms with van der Waals surface area (Å²) in [6.45, 7) is 0. The number of rotatable bonds is 3. The zero-order chi connectivity index (χ0) is 10.4. The van der Waals surface area contributed by atoms with Crippen LogP contribution in [-0.2, 0) is 9.53 Å². The Morgan fingerprint density at radius 2 is 2.36 bits per heavy atom. The minimum Gasteiger partial charge on any atom is -0.496 e. The van der Waals surface area contributed by atoms with Crippen molar-refractivity contribution in [1.29, 1.82) is 0 Å². The number of hydrogen-bond donors (Lipinski definition) is 0. The second kappa shape index (κ2) is 5.66. The van der Waals surface area contributed by atoms with Gasteiger partial charge in [-0.25, -0.2) is 0 Å². The van der Waals surface area contributed by atoms with E-state index >= 15 is 0 Å². The maximum atomic E-state index is 11.4. The average Bonchev–Trinajstić information content (AvgIpc) is 2.17. The van der Waals surface area contributed by atoms with Gasteiger partial charge in [0, 0.05) is 0 Å². The first-order valence-electron chi connectivity index (χ1n) is 4.50. The summed E-state index contributed by atoms with van der Waals surface area (Å²) in [6, 6.07) is 0. The van der Waals surface area contributed by atoms with E-state index in [0.29, 0.717) is 11.3 Å². The van der Waals surface area contributed by atoms with Gasteiger partial charge in [0.1, 0.15) is 5.76 Å². The van der Waals surface area contributed by atoms with Crippen LogP contribution in [0.15, 0.2) is 35.6 Å². The molecule has 0 aromatic heterocycles. The summed E-state index contributed by atoms with van der Waals surface area (Å²) < 4.78 is 5.14. The molecule has 14 heavy (non-hydrogen) atoms. The first-order chi connectivity index (χ1) is 6.79. The Morgan fingerprint density at radius 3 is 3.00 bits per heavy atom. The van der Waals surface area contributed by atoms with Crippen LogP contribution in [0.25, 0.3) is 0 Å². The van der Waals surface area contributed by atoms with Crippen molar-refractivity contribution in [3.63, 3.8) is 0 Å². The molecule has 0 saturated heterocycles. The molecule has 0 bridgehead atoms. The lowest BCUT2D eigenvalue weighted by Gasteiger charge is -2.09. The van der Waals surface area contributed by atoms with E-state index in [9.17, 15) is 4.79 Å². The van der Waals surface area contributed by atoms with Crippen LogP contribution >= 0.6 is 11.6 Å². The molecule has 0 aromatic rings. The van der Waals surface area contributed by atoms with E-state index in [1.807, 2.05) is 18.2 Å². The van der Waals surface area contributed by atoms with E-state index in [2.05, 4.69) is 0 Å². The van der Waals surface area contributed by atoms with Crippen LogP contribution in [0.4, 0.5) is 0 Å². The van der Waals surface area contributed by atoms with Gasteiger partial charge in [0.2, 0.25) is 0 Å². The summed E-state index contributed by atoms with van der Waals surface area (Å²) in [7, 11) is 1.56. The molecule has 0 N–H and O–H groups in total. The molecular formula is C11H13ClO2. The van der Waals surface area contributed by atoms with Crippen LogP contribution in [0.3, 0.4) is 0 Å². The van der Waals surface area contributed by atoms with Gasteiger partial charge >= 0.3 is 0 Å². The van der Waals surface area contributed by atoms with Crippen molar-refractivity contribution in [2.45, 2.75) is 12.8 Å². The van der Waals surface area contributed by atoms with Crippen molar-refractivity contribution in [3.8, 4) is 0 Å². The zero-order valence-corrected chi connectivity index (χ0v) is 8.88. The van der Waals surface area contributed by atoms with Gasteiger partial charge in [-0.15, -0.1) is 11.6 Å². The minimum absolute atomic E-state index is 0.0135. The second-order valence-corrected chi connectivity index (χ2v) is 3.18. The maximum absolute atomic E-state index is 11.4. The second-order valence-electron chi connectivity index (χ2n) is 2.92. The highest BCUT2D eigenvalue weighted by atomic mass is 35.5. The SMILES string of the molecule is COC1=CCC/C=C/C=C1C(=O)CCl. The predicted molar refractivity (Wildman–Crippen MR) is 57.3 cm³/mol. The standard InChI is InChI=1S/C11H13ClO2/c1-14-11-7-5-3-2-4-6-9(11)10(13)8-12/h2,4,6-7H,3,5,8H2,1H3/b4-2+,9-6?,11-7?. The Labute approximate surface area is 88.9 Å². The van der Waals surface area contributed by atoms with Crippen LogP contribution in [0.1, 0.15) is 12.8 Å². The molecule has 1 aliphatic carbocycles. The Bertz CT molecular complexity index is 300. The molecule has 0 amide bonds. The van der Waals surface area contributed by atoms with Crippen LogP contribution in [0.2, 0.25) is 0 Å². The number of Topliss-reactive ketones (excluding diaryl/α,β-unsaturated/α-hetero) is 1. The third-order valence-electron chi connectivity index (χ3n) is 1.97. The summed E-state index contributed by atoms with van der Waals surface area (Å²) in [6.07, 6.45) is 9.40. The van der Waals surface area contributed by atoms with E-state index in [1.54, 1.807) is 13.2 Å². The van der Waals surface area contributed by atoms with Crippen LogP contribution in [-0.4, -0.2) is 18.8 Å². The molecule has 0 aromatic carbocycles. The Hall–Kier alpha value is -1.02. The van der Waals surface area contributed by atoms with Gasteiger partial charge in [-0.2, -0.15) is 0 Å². The average molecular weight is 213 g/mol. The third kappa shape index (κ3) is 2.74. The van der Waals surface area contributed by atoms with Gasteiger partial charge in [0.05, 0.1) is 18.6 Å². The zero-order valence-electron chi connectivity index (χ0n) is 8.13. The molecule has 0 heterocycles. The third-order valence-corrected chi connectivity index (χ3v) is 2.21. The van der Waals surface area contributed by atoms with Crippen LogP contribution in [0.5, 0.6) is 0 Å². The highest BCUT2D eigenvalue weighted by Crippen LogP contribution is 2.16. The lowest BCUT2D eigenvalue weighted by molar-refractivity contribution is -0.113. The molecule has 1 rings (SSSR count). The first-order valence-corrected chi connectivity index (χ1v) is 5.03. The highest BCUT2D eigenvalue weighted by Gasteiger charge is 2.13. The van der Waals surface area contributed by atoms with Crippen molar-refractivity contribution in [2.24, 2.45) is 0 Å². The lowest BCUT2D eigenvalue weighted by atomic mass is 10.1. The number of halogens is 1. The van der Waals surface area contributed by atoms with Crippen molar-refractivity contribution in [1.82, 2.24) is 0 Å². The molecule has 0 unspecified atom stereocenters. The Kier molecular flexibility index (Phi) is 4.47. The maximum Gasteiger partial charge on any atom is 0.181 e. The molecule has 0 radical (unpaired) electrons. The summed E-state index contributed by atoms with van der Waals surface area (Å²) >= 11 is 5.50. The molecule has 0 saturated carbocycles. The lowest BCUT2D eigenvalue weighted by Crippen LogP contribution is -2.08. The number of ether oxygens (including phenoxy) is 1. The smallest absolute Gasteiger partial charge is 0.181 e. The molecule has 0 fully saturated rings. The van der Waals surface area contributed by atoms with E-state index in [0.717, 1.165) is 12.8 Å². The van der Waals surface area contributed by atoms with Crippen molar-refractivity contribution < 1.29 is 9.53 Å². The van der Waals surface area contributed by atoms with Crippen molar-refractivity contribution in [3.05, 3.63) is 35.6 Å². The number of hydrogen-bond acceptors (Lipinski definition) is 2. The van der Waals surface area contributed by atoms with E-state index in [-0.39, 0.29) is 11.7 Å². The van der Waals surface area contributed by atoms with Gasteiger partial charge in [-0.05, 0) is 25.0 Å².